The van der Waals surface area contributed by atoms with Gasteiger partial charge in [0, 0.05) is 11.3 Å². The van der Waals surface area contributed by atoms with Crippen molar-refractivity contribution < 1.29 is 0 Å². The third-order valence-corrected chi connectivity index (χ3v) is 5.98. The second-order valence-electron chi connectivity index (χ2n) is 8.39. The Morgan fingerprint density at radius 1 is 0.893 bits per heavy atom. The van der Waals surface area contributed by atoms with E-state index in [1.165, 1.54) is 49.7 Å². The third-order valence-electron chi connectivity index (χ3n) is 5.98. The molecule has 0 spiro atoms. The minimum Gasteiger partial charge on any atom is -0.383 e. The highest BCUT2D eigenvalue weighted by Gasteiger charge is 2.20. The highest BCUT2D eigenvalue weighted by Crippen LogP contribution is 2.35. The second kappa shape index (κ2) is 9.73. The van der Waals surface area contributed by atoms with Crippen LogP contribution < -0.4 is 5.73 Å². The van der Waals surface area contributed by atoms with Gasteiger partial charge in [0.25, 0.3) is 0 Å². The van der Waals surface area contributed by atoms with Crippen LogP contribution in [0.5, 0.6) is 0 Å². The van der Waals surface area contributed by atoms with Gasteiger partial charge in [-0.05, 0) is 48.3 Å². The molecule has 1 aliphatic rings. The summed E-state index contributed by atoms with van der Waals surface area (Å²) in [5, 5.41) is 9.84. The Bertz CT molecular complexity index is 828. The average Bonchev–Trinajstić information content (AvgIpc) is 2.68. The Morgan fingerprint density at radius 2 is 1.46 bits per heavy atom. The summed E-state index contributed by atoms with van der Waals surface area (Å²) in [6.45, 7) is 4.40. The summed E-state index contributed by atoms with van der Waals surface area (Å²) in [6.07, 6.45) is 12.1. The van der Waals surface area contributed by atoms with Gasteiger partial charge in [0.2, 0.25) is 0 Å². The van der Waals surface area contributed by atoms with Crippen LogP contribution in [0.1, 0.15) is 93.5 Å². The molecule has 0 radical (unpaired) electrons. The largest absolute Gasteiger partial charge is 0.383 e. The van der Waals surface area contributed by atoms with Crippen LogP contribution in [0.25, 0.3) is 11.1 Å². The summed E-state index contributed by atoms with van der Waals surface area (Å²) < 4.78 is 0. The number of hydrogen-bond acceptors (Lipinski definition) is 3. The number of aromatic nitrogens is 1. The standard InChI is InChI=1S/C25H33N3/c1-18(2)19-13-15-20(16-14-19)24-21-11-9-7-5-3-4-6-8-10-12-23(21)28-25(27)22(24)17-26/h13-16,18H,3-12H2,1-2H3,(H2,27,28). The molecule has 1 aromatic carbocycles. The lowest BCUT2D eigenvalue weighted by atomic mass is 9.88. The van der Waals surface area contributed by atoms with Gasteiger partial charge in [-0.3, -0.25) is 0 Å². The Hall–Kier alpha value is -2.34. The molecule has 28 heavy (non-hydrogen) atoms. The minimum atomic E-state index is 0.385. The van der Waals surface area contributed by atoms with E-state index in [2.05, 4.69) is 44.2 Å². The number of pyridine rings is 1. The first-order chi connectivity index (χ1) is 13.6. The monoisotopic (exact) mass is 375 g/mol. The summed E-state index contributed by atoms with van der Waals surface area (Å²) in [5.41, 5.74) is 12.6. The molecule has 148 valence electrons. The van der Waals surface area contributed by atoms with Crippen molar-refractivity contribution in [3.8, 4) is 17.2 Å². The summed E-state index contributed by atoms with van der Waals surface area (Å²) in [7, 11) is 0. The summed E-state index contributed by atoms with van der Waals surface area (Å²) in [5.74, 6) is 0.879. The van der Waals surface area contributed by atoms with E-state index in [4.69, 9.17) is 10.7 Å². The van der Waals surface area contributed by atoms with E-state index in [0.29, 0.717) is 17.3 Å². The lowest BCUT2D eigenvalue weighted by molar-refractivity contribution is 0.557. The van der Waals surface area contributed by atoms with Crippen LogP contribution in [-0.4, -0.2) is 4.98 Å². The summed E-state index contributed by atoms with van der Waals surface area (Å²) in [6, 6.07) is 11.0. The third kappa shape index (κ3) is 4.73. The molecule has 0 amide bonds. The van der Waals surface area contributed by atoms with Crippen LogP contribution in [0.15, 0.2) is 24.3 Å². The van der Waals surface area contributed by atoms with Crippen LogP contribution in [0.3, 0.4) is 0 Å². The molecule has 0 saturated heterocycles. The van der Waals surface area contributed by atoms with Gasteiger partial charge >= 0.3 is 0 Å². The molecular weight excluding hydrogens is 342 g/mol. The zero-order valence-electron chi connectivity index (χ0n) is 17.4. The molecule has 3 rings (SSSR count). The Balaban J connectivity index is 2.09. The predicted octanol–water partition coefficient (Wildman–Crippen LogP) is 6.55. The lowest BCUT2D eigenvalue weighted by Crippen LogP contribution is -2.09. The van der Waals surface area contributed by atoms with Gasteiger partial charge < -0.3 is 5.73 Å². The van der Waals surface area contributed by atoms with Gasteiger partial charge in [-0.25, -0.2) is 4.98 Å². The number of benzene rings is 1. The van der Waals surface area contributed by atoms with Crippen LogP contribution in [0.4, 0.5) is 5.82 Å². The van der Waals surface area contributed by atoms with Gasteiger partial charge in [-0.1, -0.05) is 76.6 Å². The fourth-order valence-corrected chi connectivity index (χ4v) is 4.29. The number of rotatable bonds is 2. The second-order valence-corrected chi connectivity index (χ2v) is 8.39. The molecule has 3 heteroatoms. The number of anilines is 1. The first-order valence-corrected chi connectivity index (χ1v) is 10.9. The summed E-state index contributed by atoms with van der Waals surface area (Å²) in [4.78, 5) is 4.70. The van der Waals surface area contributed by atoms with Crippen LogP contribution in [0, 0.1) is 11.3 Å². The van der Waals surface area contributed by atoms with Crippen molar-refractivity contribution in [2.24, 2.45) is 0 Å². The molecule has 1 aromatic heterocycles. The van der Waals surface area contributed by atoms with Crippen LogP contribution in [0.2, 0.25) is 0 Å². The number of hydrogen-bond donors (Lipinski definition) is 1. The molecule has 0 fully saturated rings. The first kappa shape index (κ1) is 20.4. The maximum absolute atomic E-state index is 9.84. The molecular formula is C25H33N3. The molecule has 3 nitrogen and oxygen atoms in total. The minimum absolute atomic E-state index is 0.385. The molecule has 0 unspecified atom stereocenters. The molecule has 0 saturated carbocycles. The fourth-order valence-electron chi connectivity index (χ4n) is 4.29. The molecule has 1 heterocycles. The Labute approximate surface area is 170 Å². The van der Waals surface area contributed by atoms with Crippen molar-refractivity contribution in [3.63, 3.8) is 0 Å². The van der Waals surface area contributed by atoms with Crippen molar-refractivity contribution in [2.45, 2.75) is 84.0 Å². The first-order valence-electron chi connectivity index (χ1n) is 10.9. The van der Waals surface area contributed by atoms with Gasteiger partial charge in [-0.2, -0.15) is 5.26 Å². The zero-order chi connectivity index (χ0) is 19.9. The lowest BCUT2D eigenvalue weighted by Gasteiger charge is -2.19. The van der Waals surface area contributed by atoms with Gasteiger partial charge in [-0.15, -0.1) is 0 Å². The van der Waals surface area contributed by atoms with E-state index in [0.717, 1.165) is 42.5 Å². The zero-order valence-corrected chi connectivity index (χ0v) is 17.4. The molecule has 0 aliphatic heterocycles. The SMILES string of the molecule is CC(C)c1ccc(-c2c(C#N)c(N)nc3c2CCCCCCCCCC3)cc1. The fraction of sp³-hybridized carbons (Fsp3) is 0.520. The van der Waals surface area contributed by atoms with Crippen molar-refractivity contribution >= 4 is 5.82 Å². The van der Waals surface area contributed by atoms with Crippen molar-refractivity contribution in [2.75, 3.05) is 5.73 Å². The van der Waals surface area contributed by atoms with Crippen LogP contribution in [-0.2, 0) is 12.8 Å². The number of aryl methyl sites for hydroxylation is 1. The number of nitrogens with two attached hydrogens (primary N) is 1. The van der Waals surface area contributed by atoms with E-state index >= 15 is 0 Å². The Kier molecular flexibility index (Phi) is 7.09. The van der Waals surface area contributed by atoms with Crippen molar-refractivity contribution in [1.29, 1.82) is 5.26 Å². The van der Waals surface area contributed by atoms with E-state index in [1.807, 2.05) is 0 Å². The normalized spacial score (nSPS) is 15.9. The number of fused-ring (bicyclic) bond motifs is 1. The van der Waals surface area contributed by atoms with Crippen molar-refractivity contribution in [3.05, 3.63) is 46.6 Å². The van der Waals surface area contributed by atoms with Gasteiger partial charge in [0.1, 0.15) is 17.5 Å². The van der Waals surface area contributed by atoms with Crippen LogP contribution >= 0.6 is 0 Å². The Morgan fingerprint density at radius 3 is 2.04 bits per heavy atom. The highest BCUT2D eigenvalue weighted by molar-refractivity contribution is 5.79. The maximum Gasteiger partial charge on any atom is 0.142 e. The number of nitrogens with zero attached hydrogens (tertiary/aromatic N) is 2. The summed E-state index contributed by atoms with van der Waals surface area (Å²) >= 11 is 0. The van der Waals surface area contributed by atoms with E-state index < -0.39 is 0 Å². The van der Waals surface area contributed by atoms with Crippen molar-refractivity contribution in [1.82, 2.24) is 4.98 Å². The maximum atomic E-state index is 9.84. The smallest absolute Gasteiger partial charge is 0.142 e. The topological polar surface area (TPSA) is 62.7 Å². The molecule has 0 atom stereocenters. The van der Waals surface area contributed by atoms with E-state index in [9.17, 15) is 5.26 Å². The highest BCUT2D eigenvalue weighted by atomic mass is 14.9. The van der Waals surface area contributed by atoms with Gasteiger partial charge in [0.15, 0.2) is 0 Å². The quantitative estimate of drug-likeness (QED) is 0.647. The number of nitriles is 1. The van der Waals surface area contributed by atoms with E-state index in [-0.39, 0.29) is 0 Å². The molecule has 2 N–H and O–H groups in total. The molecule has 1 aliphatic carbocycles. The number of nitrogen functional groups attached to an aromatic ring is 1. The molecule has 2 aromatic rings. The van der Waals surface area contributed by atoms with Gasteiger partial charge in [0.05, 0.1) is 0 Å². The predicted molar refractivity (Wildman–Crippen MR) is 117 cm³/mol. The van der Waals surface area contributed by atoms with E-state index in [1.54, 1.807) is 0 Å². The molecule has 0 bridgehead atoms. The average molecular weight is 376 g/mol.